The van der Waals surface area contributed by atoms with Crippen LogP contribution in [0.4, 0.5) is 5.69 Å². The molecule has 2 aromatic carbocycles. The first kappa shape index (κ1) is 23.8. The van der Waals surface area contributed by atoms with Gasteiger partial charge in [-0.05, 0) is 48.4 Å². The van der Waals surface area contributed by atoms with E-state index < -0.39 is 18.5 Å². The molecule has 0 spiro atoms. The first-order chi connectivity index (χ1) is 14.8. The van der Waals surface area contributed by atoms with E-state index in [0.29, 0.717) is 28.3 Å². The standard InChI is InChI=1S/C22H18Cl2N2O5/c1-3-4-14-7-13(9-19(30-2)21(14)31-12-20(27)28)8-15(11-25)22(29)26-18-6-5-16(23)10-17(18)24/h3,5-10H,1,4,12H2,2H3,(H,26,29)(H,27,28)/b15-8-. The number of hydrogen-bond donors (Lipinski definition) is 2. The highest BCUT2D eigenvalue weighted by Crippen LogP contribution is 2.34. The van der Waals surface area contributed by atoms with Crippen molar-refractivity contribution in [2.75, 3.05) is 19.0 Å². The Morgan fingerprint density at radius 1 is 1.29 bits per heavy atom. The van der Waals surface area contributed by atoms with Crippen LogP contribution in [0.25, 0.3) is 6.08 Å². The van der Waals surface area contributed by atoms with E-state index in [1.54, 1.807) is 18.2 Å². The lowest BCUT2D eigenvalue weighted by molar-refractivity contribution is -0.139. The minimum atomic E-state index is -1.14. The van der Waals surface area contributed by atoms with E-state index in [1.165, 1.54) is 31.4 Å². The molecule has 0 aromatic heterocycles. The van der Waals surface area contributed by atoms with Crippen LogP contribution < -0.4 is 14.8 Å². The van der Waals surface area contributed by atoms with Gasteiger partial charge in [0.1, 0.15) is 11.6 Å². The van der Waals surface area contributed by atoms with Gasteiger partial charge in [0.25, 0.3) is 5.91 Å². The third kappa shape index (κ3) is 6.51. The zero-order valence-electron chi connectivity index (χ0n) is 16.4. The summed E-state index contributed by atoms with van der Waals surface area (Å²) < 4.78 is 10.7. The number of carbonyl (C=O) groups excluding carboxylic acids is 1. The normalized spacial score (nSPS) is 10.7. The maximum absolute atomic E-state index is 12.6. The van der Waals surface area contributed by atoms with Gasteiger partial charge in [-0.2, -0.15) is 5.26 Å². The Balaban J connectivity index is 2.41. The van der Waals surface area contributed by atoms with Gasteiger partial charge in [-0.1, -0.05) is 29.3 Å². The van der Waals surface area contributed by atoms with Crippen LogP contribution in [-0.2, 0) is 16.0 Å². The number of aliphatic carboxylic acids is 1. The zero-order chi connectivity index (χ0) is 23.0. The number of allylic oxidation sites excluding steroid dienone is 1. The number of rotatable bonds is 9. The lowest BCUT2D eigenvalue weighted by Gasteiger charge is -2.15. The van der Waals surface area contributed by atoms with E-state index in [9.17, 15) is 14.9 Å². The second-order valence-electron chi connectivity index (χ2n) is 6.13. The number of hydrogen-bond acceptors (Lipinski definition) is 5. The summed E-state index contributed by atoms with van der Waals surface area (Å²) in [4.78, 5) is 23.4. The Hall–Kier alpha value is -3.47. The molecule has 0 aliphatic carbocycles. The molecule has 0 radical (unpaired) electrons. The van der Waals surface area contributed by atoms with Crippen LogP contribution in [0.5, 0.6) is 11.5 Å². The SMILES string of the molecule is C=CCc1cc(/C=C(/C#N)C(=O)Nc2ccc(Cl)cc2Cl)cc(OC)c1OCC(=O)O. The maximum atomic E-state index is 12.6. The highest BCUT2D eigenvalue weighted by Gasteiger charge is 2.16. The molecule has 0 aliphatic rings. The molecule has 160 valence electrons. The van der Waals surface area contributed by atoms with Crippen LogP contribution in [-0.4, -0.2) is 30.7 Å². The van der Waals surface area contributed by atoms with Gasteiger partial charge in [-0.3, -0.25) is 4.79 Å². The van der Waals surface area contributed by atoms with Crippen molar-refractivity contribution in [3.05, 3.63) is 69.7 Å². The van der Waals surface area contributed by atoms with E-state index in [0.717, 1.165) is 0 Å². The average Bonchev–Trinajstić information content (AvgIpc) is 2.72. The molecule has 2 rings (SSSR count). The number of nitriles is 1. The van der Waals surface area contributed by atoms with Crippen molar-refractivity contribution in [1.29, 1.82) is 5.26 Å². The fraction of sp³-hybridized carbons (Fsp3) is 0.136. The van der Waals surface area contributed by atoms with Crippen molar-refractivity contribution in [1.82, 2.24) is 0 Å². The predicted molar refractivity (Wildman–Crippen MR) is 119 cm³/mol. The second kappa shape index (κ2) is 11.1. The van der Waals surface area contributed by atoms with Crippen LogP contribution in [0.2, 0.25) is 10.0 Å². The largest absolute Gasteiger partial charge is 0.493 e. The number of methoxy groups -OCH3 is 1. The molecule has 0 fully saturated rings. The lowest BCUT2D eigenvalue weighted by Crippen LogP contribution is -2.14. The molecule has 0 aliphatic heterocycles. The second-order valence-corrected chi connectivity index (χ2v) is 6.98. The van der Waals surface area contributed by atoms with E-state index >= 15 is 0 Å². The Labute approximate surface area is 189 Å². The summed E-state index contributed by atoms with van der Waals surface area (Å²) in [5.74, 6) is -1.30. The van der Waals surface area contributed by atoms with Gasteiger partial charge in [0.2, 0.25) is 0 Å². The van der Waals surface area contributed by atoms with Gasteiger partial charge in [0.05, 0.1) is 17.8 Å². The topological polar surface area (TPSA) is 109 Å². The number of carbonyl (C=O) groups is 2. The van der Waals surface area contributed by atoms with E-state index in [4.69, 9.17) is 37.8 Å². The lowest BCUT2D eigenvalue weighted by atomic mass is 10.0. The molecule has 0 atom stereocenters. The van der Waals surface area contributed by atoms with Gasteiger partial charge in [0.15, 0.2) is 18.1 Å². The van der Waals surface area contributed by atoms with Crippen LogP contribution in [0.1, 0.15) is 11.1 Å². The number of amides is 1. The third-order valence-electron chi connectivity index (χ3n) is 3.93. The molecule has 0 unspecified atom stereocenters. The van der Waals surface area contributed by atoms with Crippen molar-refractivity contribution < 1.29 is 24.2 Å². The summed E-state index contributed by atoms with van der Waals surface area (Å²) in [7, 11) is 1.40. The highest BCUT2D eigenvalue weighted by molar-refractivity contribution is 6.36. The third-order valence-corrected chi connectivity index (χ3v) is 4.48. The Kier molecular flexibility index (Phi) is 8.50. The number of ether oxygens (including phenoxy) is 2. The Morgan fingerprint density at radius 3 is 2.61 bits per heavy atom. The molecular weight excluding hydrogens is 443 g/mol. The Morgan fingerprint density at radius 2 is 2.03 bits per heavy atom. The average molecular weight is 461 g/mol. The fourth-order valence-corrected chi connectivity index (χ4v) is 3.07. The van der Waals surface area contributed by atoms with Crippen molar-refractivity contribution in [3.63, 3.8) is 0 Å². The van der Waals surface area contributed by atoms with Crippen LogP contribution >= 0.6 is 23.2 Å². The number of carboxylic acids is 1. The number of benzene rings is 2. The molecule has 0 bridgehead atoms. The number of carboxylic acid groups (broad SMARTS) is 1. The summed E-state index contributed by atoms with van der Waals surface area (Å²) in [5.41, 5.74) is 1.18. The quantitative estimate of drug-likeness (QED) is 0.317. The number of anilines is 1. The predicted octanol–water partition coefficient (Wildman–Crippen LogP) is 4.74. The summed E-state index contributed by atoms with van der Waals surface area (Å²) in [6, 6.07) is 9.59. The van der Waals surface area contributed by atoms with Crippen LogP contribution in [0, 0.1) is 11.3 Å². The van der Waals surface area contributed by atoms with Crippen molar-refractivity contribution in [2.45, 2.75) is 6.42 Å². The van der Waals surface area contributed by atoms with Gasteiger partial charge >= 0.3 is 5.97 Å². The molecule has 31 heavy (non-hydrogen) atoms. The van der Waals surface area contributed by atoms with E-state index in [1.807, 2.05) is 6.07 Å². The van der Waals surface area contributed by atoms with Crippen molar-refractivity contribution >= 4 is 46.8 Å². The molecule has 2 aromatic rings. The zero-order valence-corrected chi connectivity index (χ0v) is 18.0. The van der Waals surface area contributed by atoms with Crippen molar-refractivity contribution in [2.24, 2.45) is 0 Å². The molecule has 0 heterocycles. The summed E-state index contributed by atoms with van der Waals surface area (Å²) in [6.45, 7) is 3.13. The molecular formula is C22H18Cl2N2O5. The fourth-order valence-electron chi connectivity index (χ4n) is 2.62. The Bertz CT molecular complexity index is 1090. The van der Waals surface area contributed by atoms with Gasteiger partial charge < -0.3 is 19.9 Å². The molecule has 0 saturated carbocycles. The number of halogens is 2. The minimum Gasteiger partial charge on any atom is -0.493 e. The summed E-state index contributed by atoms with van der Waals surface area (Å²) in [5, 5.41) is 21.6. The molecule has 7 nitrogen and oxygen atoms in total. The molecule has 9 heteroatoms. The minimum absolute atomic E-state index is 0.183. The highest BCUT2D eigenvalue weighted by atomic mass is 35.5. The van der Waals surface area contributed by atoms with Gasteiger partial charge in [-0.25, -0.2) is 4.79 Å². The number of nitrogens with zero attached hydrogens (tertiary/aromatic N) is 1. The van der Waals surface area contributed by atoms with Gasteiger partial charge in [-0.15, -0.1) is 6.58 Å². The first-order valence-corrected chi connectivity index (χ1v) is 9.59. The molecule has 0 saturated heterocycles. The van der Waals surface area contributed by atoms with Crippen LogP contribution in [0.15, 0.2) is 48.6 Å². The van der Waals surface area contributed by atoms with E-state index in [-0.39, 0.29) is 22.1 Å². The molecule has 2 N–H and O–H groups in total. The summed E-state index contributed by atoms with van der Waals surface area (Å²) >= 11 is 11.9. The number of nitrogens with one attached hydrogen (secondary N) is 1. The maximum Gasteiger partial charge on any atom is 0.341 e. The first-order valence-electron chi connectivity index (χ1n) is 8.83. The van der Waals surface area contributed by atoms with E-state index in [2.05, 4.69) is 11.9 Å². The smallest absolute Gasteiger partial charge is 0.341 e. The summed E-state index contributed by atoms with van der Waals surface area (Å²) in [6.07, 6.45) is 3.33. The van der Waals surface area contributed by atoms with Crippen LogP contribution in [0.3, 0.4) is 0 Å². The molecule has 1 amide bonds. The van der Waals surface area contributed by atoms with Crippen molar-refractivity contribution in [3.8, 4) is 17.6 Å². The van der Waals surface area contributed by atoms with Gasteiger partial charge in [0, 0.05) is 10.6 Å². The monoisotopic (exact) mass is 460 g/mol.